The van der Waals surface area contributed by atoms with Crippen molar-refractivity contribution in [3.63, 3.8) is 0 Å². The van der Waals surface area contributed by atoms with Crippen molar-refractivity contribution in [2.75, 3.05) is 4.90 Å². The van der Waals surface area contributed by atoms with E-state index in [0.717, 1.165) is 9.37 Å². The Morgan fingerprint density at radius 2 is 1.61 bits per heavy atom. The molecule has 4 nitrogen and oxygen atoms in total. The standard InChI is InChI=1S/C17H10BrNO3S/c18-11-6-8-12(9-7-11)19-16(22)15(21)13(17(19)23)14(20)10-4-2-1-3-5-10/h1-9,20H. The number of carbonyl (C=O) groups is 2. The van der Waals surface area contributed by atoms with Crippen LogP contribution in [0.3, 0.4) is 0 Å². The molecule has 1 amide bonds. The van der Waals surface area contributed by atoms with Gasteiger partial charge in [0.15, 0.2) is 0 Å². The zero-order valence-corrected chi connectivity index (χ0v) is 14.1. The van der Waals surface area contributed by atoms with E-state index in [1.54, 1.807) is 54.6 Å². The maximum absolute atomic E-state index is 12.3. The van der Waals surface area contributed by atoms with Gasteiger partial charge in [-0.3, -0.25) is 14.5 Å². The molecule has 0 unspecified atom stereocenters. The van der Waals surface area contributed by atoms with E-state index in [1.807, 2.05) is 0 Å². The third-order valence-corrected chi connectivity index (χ3v) is 4.33. The fourth-order valence-electron chi connectivity index (χ4n) is 2.28. The second-order valence-corrected chi connectivity index (χ2v) is 6.14. The highest BCUT2D eigenvalue weighted by molar-refractivity contribution is 9.10. The summed E-state index contributed by atoms with van der Waals surface area (Å²) in [6.07, 6.45) is 0. The minimum absolute atomic E-state index is 0.00340. The molecule has 0 saturated carbocycles. The van der Waals surface area contributed by atoms with Crippen LogP contribution in [0.2, 0.25) is 0 Å². The third kappa shape index (κ3) is 2.71. The second-order valence-electron chi connectivity index (χ2n) is 4.84. The molecular weight excluding hydrogens is 378 g/mol. The van der Waals surface area contributed by atoms with Crippen molar-refractivity contribution in [3.8, 4) is 0 Å². The summed E-state index contributed by atoms with van der Waals surface area (Å²) >= 11 is 8.57. The predicted octanol–water partition coefficient (Wildman–Crippen LogP) is 3.66. The summed E-state index contributed by atoms with van der Waals surface area (Å²) in [5.41, 5.74) is 0.773. The van der Waals surface area contributed by atoms with E-state index in [0.29, 0.717) is 11.3 Å². The normalized spacial score (nSPS) is 16.9. The van der Waals surface area contributed by atoms with Crippen LogP contribution in [-0.4, -0.2) is 21.8 Å². The Kier molecular flexibility index (Phi) is 4.11. The number of aliphatic hydroxyl groups excluding tert-OH is 1. The van der Waals surface area contributed by atoms with Crippen molar-refractivity contribution in [1.29, 1.82) is 0 Å². The van der Waals surface area contributed by atoms with E-state index in [2.05, 4.69) is 15.9 Å². The van der Waals surface area contributed by atoms with Crippen LogP contribution in [0, 0.1) is 0 Å². The van der Waals surface area contributed by atoms with Crippen molar-refractivity contribution in [2.45, 2.75) is 0 Å². The zero-order valence-electron chi connectivity index (χ0n) is 11.7. The number of thiocarbonyl (C=S) groups is 1. The summed E-state index contributed by atoms with van der Waals surface area (Å²) in [4.78, 5) is 25.7. The Labute approximate surface area is 146 Å². The van der Waals surface area contributed by atoms with Crippen molar-refractivity contribution >= 4 is 56.3 Å². The lowest BCUT2D eigenvalue weighted by Gasteiger charge is -2.15. The number of anilines is 1. The maximum Gasteiger partial charge on any atom is 0.304 e. The van der Waals surface area contributed by atoms with Crippen molar-refractivity contribution in [2.24, 2.45) is 0 Å². The van der Waals surface area contributed by atoms with Crippen LogP contribution in [0.15, 0.2) is 64.6 Å². The molecule has 0 atom stereocenters. The number of hydrogen-bond acceptors (Lipinski definition) is 4. The van der Waals surface area contributed by atoms with Gasteiger partial charge in [-0.25, -0.2) is 0 Å². The van der Waals surface area contributed by atoms with Crippen LogP contribution >= 0.6 is 28.1 Å². The Hall–Kier alpha value is -2.31. The molecule has 1 aliphatic rings. The quantitative estimate of drug-likeness (QED) is 0.369. The number of ketones is 1. The van der Waals surface area contributed by atoms with Gasteiger partial charge in [0.05, 0.1) is 5.69 Å². The summed E-state index contributed by atoms with van der Waals surface area (Å²) in [6, 6.07) is 15.4. The lowest BCUT2D eigenvalue weighted by Crippen LogP contribution is -2.29. The van der Waals surface area contributed by atoms with Gasteiger partial charge in [0.25, 0.3) is 5.78 Å². The molecule has 3 rings (SSSR count). The van der Waals surface area contributed by atoms with E-state index in [-0.39, 0.29) is 16.3 Å². The SMILES string of the molecule is O=C1C(=O)N(c2ccc(Br)cc2)C(=S)C1=C(O)c1ccccc1. The molecular formula is C17H10BrNO3S. The monoisotopic (exact) mass is 387 g/mol. The minimum Gasteiger partial charge on any atom is -0.506 e. The average molecular weight is 388 g/mol. The first-order valence-electron chi connectivity index (χ1n) is 6.68. The topological polar surface area (TPSA) is 57.6 Å². The Morgan fingerprint density at radius 3 is 2.22 bits per heavy atom. The van der Waals surface area contributed by atoms with Crippen LogP contribution in [0.1, 0.15) is 5.56 Å². The summed E-state index contributed by atoms with van der Waals surface area (Å²) < 4.78 is 0.841. The maximum atomic E-state index is 12.3. The van der Waals surface area contributed by atoms with Gasteiger partial charge in [-0.2, -0.15) is 0 Å². The largest absolute Gasteiger partial charge is 0.506 e. The van der Waals surface area contributed by atoms with Gasteiger partial charge in [-0.05, 0) is 24.3 Å². The average Bonchev–Trinajstić information content (AvgIpc) is 2.78. The number of nitrogens with zero attached hydrogens (tertiary/aromatic N) is 1. The van der Waals surface area contributed by atoms with E-state index < -0.39 is 11.7 Å². The number of rotatable bonds is 2. The number of aliphatic hydroxyl groups is 1. The summed E-state index contributed by atoms with van der Waals surface area (Å²) in [5.74, 6) is -1.86. The van der Waals surface area contributed by atoms with Crippen LogP contribution < -0.4 is 4.90 Å². The summed E-state index contributed by atoms with van der Waals surface area (Å²) in [5, 5.41) is 10.4. The predicted molar refractivity (Wildman–Crippen MR) is 95.2 cm³/mol. The molecule has 2 aromatic carbocycles. The lowest BCUT2D eigenvalue weighted by molar-refractivity contribution is -0.132. The van der Waals surface area contributed by atoms with Gasteiger partial charge in [-0.1, -0.05) is 58.5 Å². The number of amides is 1. The fraction of sp³-hybridized carbons (Fsp3) is 0. The van der Waals surface area contributed by atoms with Crippen LogP contribution in [0.5, 0.6) is 0 Å². The van der Waals surface area contributed by atoms with Gasteiger partial charge >= 0.3 is 5.91 Å². The fourth-order valence-corrected chi connectivity index (χ4v) is 2.93. The first kappa shape index (κ1) is 15.6. The first-order chi connectivity index (χ1) is 11.0. The molecule has 0 bridgehead atoms. The van der Waals surface area contributed by atoms with Crippen LogP contribution in [-0.2, 0) is 9.59 Å². The Bertz CT molecular complexity index is 844. The van der Waals surface area contributed by atoms with Gasteiger partial charge in [0, 0.05) is 10.0 Å². The first-order valence-corrected chi connectivity index (χ1v) is 7.88. The molecule has 114 valence electrons. The molecule has 0 aromatic heterocycles. The second kappa shape index (κ2) is 6.06. The highest BCUT2D eigenvalue weighted by Crippen LogP contribution is 2.30. The zero-order chi connectivity index (χ0) is 16.6. The number of halogens is 1. The molecule has 23 heavy (non-hydrogen) atoms. The van der Waals surface area contributed by atoms with Crippen molar-refractivity contribution < 1.29 is 14.7 Å². The molecule has 0 spiro atoms. The van der Waals surface area contributed by atoms with Crippen LogP contribution in [0.25, 0.3) is 5.76 Å². The van der Waals surface area contributed by atoms with Crippen molar-refractivity contribution in [3.05, 3.63) is 70.2 Å². The van der Waals surface area contributed by atoms with Crippen LogP contribution in [0.4, 0.5) is 5.69 Å². The summed E-state index contributed by atoms with van der Waals surface area (Å²) in [6.45, 7) is 0. The molecule has 1 aliphatic heterocycles. The third-order valence-electron chi connectivity index (χ3n) is 3.41. The molecule has 6 heteroatoms. The molecule has 2 aromatic rings. The molecule has 1 fully saturated rings. The molecule has 0 radical (unpaired) electrons. The van der Waals surface area contributed by atoms with Gasteiger partial charge in [0.1, 0.15) is 16.3 Å². The summed E-state index contributed by atoms with van der Waals surface area (Å²) in [7, 11) is 0. The van der Waals surface area contributed by atoms with Gasteiger partial charge < -0.3 is 5.11 Å². The molecule has 1 saturated heterocycles. The Morgan fingerprint density at radius 1 is 1.00 bits per heavy atom. The van der Waals surface area contributed by atoms with Gasteiger partial charge in [-0.15, -0.1) is 0 Å². The van der Waals surface area contributed by atoms with Crippen molar-refractivity contribution in [1.82, 2.24) is 0 Å². The van der Waals surface area contributed by atoms with E-state index >= 15 is 0 Å². The van der Waals surface area contributed by atoms with E-state index in [4.69, 9.17) is 12.2 Å². The number of carbonyl (C=O) groups excluding carboxylic acids is 2. The number of benzene rings is 2. The molecule has 1 N–H and O–H groups in total. The van der Waals surface area contributed by atoms with Gasteiger partial charge in [0.2, 0.25) is 0 Å². The number of Topliss-reactive ketones (excluding diaryl/α,β-unsaturated/α-hetero) is 1. The molecule has 1 heterocycles. The minimum atomic E-state index is -0.806. The lowest BCUT2D eigenvalue weighted by atomic mass is 10.1. The van der Waals surface area contributed by atoms with E-state index in [1.165, 1.54) is 0 Å². The molecule has 0 aliphatic carbocycles. The number of hydrogen-bond donors (Lipinski definition) is 1. The van der Waals surface area contributed by atoms with E-state index in [9.17, 15) is 14.7 Å². The smallest absolute Gasteiger partial charge is 0.304 e. The Balaban J connectivity index is 2.09. The highest BCUT2D eigenvalue weighted by atomic mass is 79.9. The highest BCUT2D eigenvalue weighted by Gasteiger charge is 2.42.